The number of carbonyl (C=O) groups is 1. The summed E-state index contributed by atoms with van der Waals surface area (Å²) in [6.45, 7) is 6.50. The van der Waals surface area contributed by atoms with Crippen molar-refractivity contribution in [2.24, 2.45) is 0 Å². The Balaban J connectivity index is 1.44. The van der Waals surface area contributed by atoms with Crippen LogP contribution in [0.25, 0.3) is 0 Å². The van der Waals surface area contributed by atoms with Gasteiger partial charge in [-0.05, 0) is 49.9 Å². The molecule has 5 nitrogen and oxygen atoms in total. The SMILES string of the molecule is Cc1cc(C)n(C[C@@H]2CCCN2C(=O)Cc2ccc3c(c2)CCO3)n1. The van der Waals surface area contributed by atoms with Crippen LogP contribution >= 0.6 is 0 Å². The number of hydrogen-bond acceptors (Lipinski definition) is 3. The van der Waals surface area contributed by atoms with Gasteiger partial charge in [0.1, 0.15) is 5.75 Å². The highest BCUT2D eigenvalue weighted by Gasteiger charge is 2.29. The largest absolute Gasteiger partial charge is 0.493 e. The van der Waals surface area contributed by atoms with Crippen LogP contribution in [0.1, 0.15) is 35.4 Å². The van der Waals surface area contributed by atoms with E-state index in [-0.39, 0.29) is 11.9 Å². The van der Waals surface area contributed by atoms with Gasteiger partial charge in [0.15, 0.2) is 0 Å². The van der Waals surface area contributed by atoms with Crippen LogP contribution in [0.3, 0.4) is 0 Å². The predicted molar refractivity (Wildman–Crippen MR) is 95.8 cm³/mol. The van der Waals surface area contributed by atoms with Crippen LogP contribution in [0.4, 0.5) is 0 Å². The van der Waals surface area contributed by atoms with Gasteiger partial charge in [0, 0.05) is 18.7 Å². The van der Waals surface area contributed by atoms with Gasteiger partial charge in [-0.3, -0.25) is 9.48 Å². The van der Waals surface area contributed by atoms with E-state index in [4.69, 9.17) is 4.74 Å². The lowest BCUT2D eigenvalue weighted by Crippen LogP contribution is -2.39. The molecule has 3 heterocycles. The number of carbonyl (C=O) groups excluding carboxylic acids is 1. The summed E-state index contributed by atoms with van der Waals surface area (Å²) in [4.78, 5) is 14.9. The maximum atomic E-state index is 12.9. The van der Waals surface area contributed by atoms with Crippen LogP contribution in [0.2, 0.25) is 0 Å². The highest BCUT2D eigenvalue weighted by atomic mass is 16.5. The number of fused-ring (bicyclic) bond motifs is 1. The summed E-state index contributed by atoms with van der Waals surface area (Å²) in [5.41, 5.74) is 4.51. The first-order chi connectivity index (χ1) is 12.1. The second kappa shape index (κ2) is 6.54. The fourth-order valence-electron chi connectivity index (χ4n) is 4.04. The van der Waals surface area contributed by atoms with Gasteiger partial charge in [-0.25, -0.2) is 0 Å². The van der Waals surface area contributed by atoms with E-state index in [0.717, 1.165) is 61.7 Å². The lowest BCUT2D eigenvalue weighted by molar-refractivity contribution is -0.131. The summed E-state index contributed by atoms with van der Waals surface area (Å²) >= 11 is 0. The van der Waals surface area contributed by atoms with Gasteiger partial charge in [0.2, 0.25) is 5.91 Å². The van der Waals surface area contributed by atoms with Crippen LogP contribution in [-0.4, -0.2) is 39.8 Å². The lowest BCUT2D eigenvalue weighted by atomic mass is 10.1. The van der Waals surface area contributed by atoms with Gasteiger partial charge in [-0.15, -0.1) is 0 Å². The molecular weight excluding hydrogens is 314 g/mol. The van der Waals surface area contributed by atoms with E-state index in [1.807, 2.05) is 23.7 Å². The Bertz CT molecular complexity index is 796. The van der Waals surface area contributed by atoms with Gasteiger partial charge in [-0.2, -0.15) is 5.10 Å². The number of benzene rings is 1. The van der Waals surface area contributed by atoms with Crippen molar-refractivity contribution < 1.29 is 9.53 Å². The van der Waals surface area contributed by atoms with E-state index in [0.29, 0.717) is 6.42 Å². The third-order valence-electron chi connectivity index (χ3n) is 5.29. The van der Waals surface area contributed by atoms with Gasteiger partial charge in [-0.1, -0.05) is 12.1 Å². The molecule has 0 spiro atoms. The Morgan fingerprint density at radius 3 is 3.00 bits per heavy atom. The summed E-state index contributed by atoms with van der Waals surface area (Å²) < 4.78 is 7.59. The number of aryl methyl sites for hydroxylation is 2. The Morgan fingerprint density at radius 2 is 2.20 bits per heavy atom. The van der Waals surface area contributed by atoms with Crippen molar-refractivity contribution in [1.82, 2.24) is 14.7 Å². The first kappa shape index (κ1) is 16.2. The summed E-state index contributed by atoms with van der Waals surface area (Å²) in [5.74, 6) is 1.20. The average molecular weight is 339 g/mol. The molecule has 5 heteroatoms. The number of nitrogens with zero attached hydrogens (tertiary/aromatic N) is 3. The molecule has 1 aromatic heterocycles. The highest BCUT2D eigenvalue weighted by molar-refractivity contribution is 5.79. The van der Waals surface area contributed by atoms with Crippen LogP contribution in [0.5, 0.6) is 5.75 Å². The van der Waals surface area contributed by atoms with Crippen molar-refractivity contribution in [2.45, 2.75) is 52.1 Å². The van der Waals surface area contributed by atoms with Gasteiger partial charge < -0.3 is 9.64 Å². The van der Waals surface area contributed by atoms with Crippen molar-refractivity contribution in [2.75, 3.05) is 13.2 Å². The maximum Gasteiger partial charge on any atom is 0.227 e. The van der Waals surface area contributed by atoms with Crippen molar-refractivity contribution in [3.8, 4) is 5.75 Å². The topological polar surface area (TPSA) is 47.4 Å². The second-order valence-corrected chi connectivity index (χ2v) is 7.21. The summed E-state index contributed by atoms with van der Waals surface area (Å²) in [7, 11) is 0. The molecule has 25 heavy (non-hydrogen) atoms. The van der Waals surface area contributed by atoms with Gasteiger partial charge in [0.05, 0.1) is 31.3 Å². The standard InChI is InChI=1S/C20H25N3O2/c1-14-10-15(2)23(21-14)13-18-4-3-8-22(18)20(24)12-16-5-6-19-17(11-16)7-9-25-19/h5-6,10-11,18H,3-4,7-9,12-13H2,1-2H3/t18-/m0/s1. The number of hydrogen-bond donors (Lipinski definition) is 0. The van der Waals surface area contributed by atoms with Crippen LogP contribution < -0.4 is 4.74 Å². The smallest absolute Gasteiger partial charge is 0.227 e. The minimum atomic E-state index is 0.225. The molecule has 0 unspecified atom stereocenters. The van der Waals surface area contributed by atoms with E-state index in [1.54, 1.807) is 0 Å². The zero-order chi connectivity index (χ0) is 17.4. The molecule has 0 N–H and O–H groups in total. The maximum absolute atomic E-state index is 12.9. The van der Waals surface area contributed by atoms with Crippen LogP contribution in [0.15, 0.2) is 24.3 Å². The molecule has 1 aromatic carbocycles. The molecule has 0 radical (unpaired) electrons. The molecule has 2 aliphatic rings. The quantitative estimate of drug-likeness (QED) is 0.860. The fraction of sp³-hybridized carbons (Fsp3) is 0.500. The lowest BCUT2D eigenvalue weighted by Gasteiger charge is -2.25. The second-order valence-electron chi connectivity index (χ2n) is 7.21. The van der Waals surface area contributed by atoms with Crippen molar-refractivity contribution in [3.63, 3.8) is 0 Å². The third-order valence-corrected chi connectivity index (χ3v) is 5.29. The average Bonchev–Trinajstić information content (AvgIpc) is 3.28. The number of rotatable bonds is 4. The molecule has 1 atom stereocenters. The van der Waals surface area contributed by atoms with Crippen LogP contribution in [-0.2, 0) is 24.2 Å². The monoisotopic (exact) mass is 339 g/mol. The summed E-state index contributed by atoms with van der Waals surface area (Å²) in [5, 5.41) is 4.56. The Hall–Kier alpha value is -2.30. The Labute approximate surface area is 148 Å². The van der Waals surface area contributed by atoms with Gasteiger partial charge in [0.25, 0.3) is 0 Å². The number of aromatic nitrogens is 2. The molecule has 0 aliphatic carbocycles. The normalized spacial score (nSPS) is 19.1. The van der Waals surface area contributed by atoms with Crippen molar-refractivity contribution >= 4 is 5.91 Å². The molecule has 2 aliphatic heterocycles. The van der Waals surface area contributed by atoms with Crippen LogP contribution in [0, 0.1) is 13.8 Å². The zero-order valence-corrected chi connectivity index (χ0v) is 15.0. The van der Waals surface area contributed by atoms with E-state index < -0.39 is 0 Å². The summed E-state index contributed by atoms with van der Waals surface area (Å²) in [6.07, 6.45) is 3.55. The number of likely N-dealkylation sites (tertiary alicyclic amines) is 1. The molecule has 0 saturated carbocycles. The molecule has 132 valence electrons. The molecule has 1 saturated heterocycles. The predicted octanol–water partition coefficient (Wildman–Crippen LogP) is 2.67. The molecule has 1 fully saturated rings. The van der Waals surface area contributed by atoms with Crippen molar-refractivity contribution in [1.29, 1.82) is 0 Å². The minimum Gasteiger partial charge on any atom is -0.493 e. The van der Waals surface area contributed by atoms with E-state index in [9.17, 15) is 4.79 Å². The van der Waals surface area contributed by atoms with E-state index in [1.165, 1.54) is 5.56 Å². The minimum absolute atomic E-state index is 0.225. The first-order valence-electron chi connectivity index (χ1n) is 9.15. The first-order valence-corrected chi connectivity index (χ1v) is 9.15. The van der Waals surface area contributed by atoms with E-state index >= 15 is 0 Å². The van der Waals surface area contributed by atoms with Crippen molar-refractivity contribution in [3.05, 3.63) is 46.8 Å². The molecular formula is C20H25N3O2. The van der Waals surface area contributed by atoms with E-state index in [2.05, 4.69) is 29.1 Å². The van der Waals surface area contributed by atoms with Gasteiger partial charge >= 0.3 is 0 Å². The molecule has 2 aromatic rings. The molecule has 1 amide bonds. The number of amides is 1. The Morgan fingerprint density at radius 1 is 1.32 bits per heavy atom. The molecule has 4 rings (SSSR count). The summed E-state index contributed by atoms with van der Waals surface area (Å²) in [6, 6.07) is 8.50. The fourth-order valence-corrected chi connectivity index (χ4v) is 4.04. The highest BCUT2D eigenvalue weighted by Crippen LogP contribution is 2.27. The number of ether oxygens (including phenoxy) is 1. The zero-order valence-electron chi connectivity index (χ0n) is 15.0. The Kier molecular flexibility index (Phi) is 4.24. The third kappa shape index (κ3) is 3.28. The molecule has 0 bridgehead atoms.